The molecule has 2 aromatic carbocycles. The maximum Gasteiger partial charge on any atom is 0.343 e. The Morgan fingerprint density at radius 3 is 2.05 bits per heavy atom. The number of ether oxygens (including phenoxy) is 1. The van der Waals surface area contributed by atoms with Crippen molar-refractivity contribution in [1.29, 1.82) is 0 Å². The smallest absolute Gasteiger partial charge is 0.343 e. The van der Waals surface area contributed by atoms with Crippen LogP contribution in [0.5, 0.6) is 5.75 Å². The van der Waals surface area contributed by atoms with Gasteiger partial charge in [0.2, 0.25) is 0 Å². The van der Waals surface area contributed by atoms with Crippen LogP contribution in [0.1, 0.15) is 10.4 Å². The van der Waals surface area contributed by atoms with Crippen LogP contribution in [0.25, 0.3) is 0 Å². The standard InChI is InChI=1S/C13H8I2O5S/c14-10-6-9(7-11(15)12(10)21(17,18)19)20-13(16)8-4-2-1-3-5-8/h1-7H,(H,17,18,19)/p-1. The Kier molecular flexibility index (Phi) is 5.22. The summed E-state index contributed by atoms with van der Waals surface area (Å²) in [6, 6.07) is 11.1. The Bertz CT molecular complexity index is 764. The Morgan fingerprint density at radius 1 is 1.05 bits per heavy atom. The van der Waals surface area contributed by atoms with Crippen molar-refractivity contribution >= 4 is 61.3 Å². The van der Waals surface area contributed by atoms with Gasteiger partial charge in [0.05, 0.1) is 10.5 Å². The highest BCUT2D eigenvalue weighted by molar-refractivity contribution is 14.1. The SMILES string of the molecule is O=C(Oc1cc(I)c(S(=O)(=O)[O-])c(I)c1)c1ccccc1. The molecule has 0 atom stereocenters. The summed E-state index contributed by atoms with van der Waals surface area (Å²) in [5, 5.41) is 0. The summed E-state index contributed by atoms with van der Waals surface area (Å²) >= 11 is 3.45. The van der Waals surface area contributed by atoms with Gasteiger partial charge in [0.25, 0.3) is 0 Å². The monoisotopic (exact) mass is 529 g/mol. The number of carbonyl (C=O) groups excluding carboxylic acids is 1. The Hall–Kier alpha value is -0.720. The number of halogens is 2. The molecule has 21 heavy (non-hydrogen) atoms. The number of carbonyl (C=O) groups is 1. The summed E-state index contributed by atoms with van der Waals surface area (Å²) in [5.41, 5.74) is 0.378. The van der Waals surface area contributed by atoms with Crippen LogP contribution < -0.4 is 4.74 Å². The average molecular weight is 529 g/mol. The van der Waals surface area contributed by atoms with Gasteiger partial charge < -0.3 is 9.29 Å². The van der Waals surface area contributed by atoms with Crippen molar-refractivity contribution in [1.82, 2.24) is 0 Å². The largest absolute Gasteiger partial charge is 0.744 e. The van der Waals surface area contributed by atoms with E-state index in [9.17, 15) is 17.8 Å². The predicted molar refractivity (Wildman–Crippen MR) is 91.2 cm³/mol. The molecular weight excluding hydrogens is 522 g/mol. The molecular formula is C13H7I2O5S-. The first-order valence-electron chi connectivity index (χ1n) is 5.51. The maximum atomic E-state index is 11.9. The molecule has 0 heterocycles. The first kappa shape index (κ1) is 16.6. The van der Waals surface area contributed by atoms with Crippen molar-refractivity contribution < 1.29 is 22.5 Å². The second-order valence-electron chi connectivity index (χ2n) is 3.93. The van der Waals surface area contributed by atoms with Gasteiger partial charge in [-0.1, -0.05) is 18.2 Å². The Balaban J connectivity index is 2.33. The van der Waals surface area contributed by atoms with E-state index >= 15 is 0 Å². The number of esters is 1. The number of benzene rings is 2. The topological polar surface area (TPSA) is 83.5 Å². The summed E-state index contributed by atoms with van der Waals surface area (Å²) in [6.07, 6.45) is 0. The fraction of sp³-hybridized carbons (Fsp3) is 0. The lowest BCUT2D eigenvalue weighted by Gasteiger charge is -2.13. The van der Waals surface area contributed by atoms with Gasteiger partial charge in [-0.2, -0.15) is 0 Å². The molecule has 0 amide bonds. The van der Waals surface area contributed by atoms with Crippen LogP contribution in [0.4, 0.5) is 0 Å². The summed E-state index contributed by atoms with van der Waals surface area (Å²) in [5.74, 6) is -0.370. The van der Waals surface area contributed by atoms with Gasteiger partial charge in [-0.3, -0.25) is 0 Å². The van der Waals surface area contributed by atoms with E-state index in [1.807, 2.05) is 0 Å². The van der Waals surface area contributed by atoms with Crippen LogP contribution in [0.3, 0.4) is 0 Å². The third-order valence-electron chi connectivity index (χ3n) is 2.44. The van der Waals surface area contributed by atoms with Crippen molar-refractivity contribution in [2.24, 2.45) is 0 Å². The molecule has 0 radical (unpaired) electrons. The third kappa shape index (κ3) is 4.14. The molecule has 0 saturated heterocycles. The van der Waals surface area contributed by atoms with E-state index in [1.54, 1.807) is 75.5 Å². The van der Waals surface area contributed by atoms with Crippen molar-refractivity contribution in [3.05, 3.63) is 55.2 Å². The number of hydrogen-bond donors (Lipinski definition) is 0. The van der Waals surface area contributed by atoms with Gasteiger partial charge in [0.1, 0.15) is 15.9 Å². The van der Waals surface area contributed by atoms with E-state index in [0.29, 0.717) is 5.56 Å². The lowest BCUT2D eigenvalue weighted by molar-refractivity contribution is 0.0734. The van der Waals surface area contributed by atoms with Crippen LogP contribution in [0.15, 0.2) is 47.4 Å². The average Bonchev–Trinajstić information content (AvgIpc) is 2.37. The van der Waals surface area contributed by atoms with Crippen LogP contribution in [0.2, 0.25) is 0 Å². The first-order chi connectivity index (χ1) is 9.79. The minimum Gasteiger partial charge on any atom is -0.744 e. The highest BCUT2D eigenvalue weighted by Gasteiger charge is 2.16. The Labute approximate surface area is 148 Å². The molecule has 0 aliphatic carbocycles. The molecule has 0 spiro atoms. The van der Waals surface area contributed by atoms with E-state index in [1.165, 1.54) is 12.1 Å². The molecule has 0 aromatic heterocycles. The molecule has 0 aliphatic rings. The van der Waals surface area contributed by atoms with E-state index in [0.717, 1.165) is 0 Å². The van der Waals surface area contributed by atoms with Crippen molar-refractivity contribution in [3.8, 4) is 5.75 Å². The summed E-state index contributed by atoms with van der Waals surface area (Å²) in [6.45, 7) is 0. The molecule has 110 valence electrons. The minimum absolute atomic E-state index is 0.185. The second kappa shape index (κ2) is 6.58. The molecule has 5 nitrogen and oxygen atoms in total. The number of rotatable bonds is 3. The van der Waals surface area contributed by atoms with E-state index < -0.39 is 16.1 Å². The zero-order valence-corrected chi connectivity index (χ0v) is 15.4. The zero-order valence-electron chi connectivity index (χ0n) is 10.2. The fourth-order valence-corrected chi connectivity index (χ4v) is 5.50. The first-order valence-corrected chi connectivity index (χ1v) is 9.08. The molecule has 0 unspecified atom stereocenters. The number of hydrogen-bond acceptors (Lipinski definition) is 5. The van der Waals surface area contributed by atoms with Gasteiger partial charge in [0, 0.05) is 7.14 Å². The molecule has 0 N–H and O–H groups in total. The van der Waals surface area contributed by atoms with E-state index in [-0.39, 0.29) is 17.8 Å². The maximum absolute atomic E-state index is 11.9. The molecule has 2 aromatic rings. The molecule has 0 aliphatic heterocycles. The Morgan fingerprint density at radius 2 is 1.57 bits per heavy atom. The molecule has 2 rings (SSSR count). The minimum atomic E-state index is -4.57. The van der Waals surface area contributed by atoms with Crippen LogP contribution >= 0.6 is 45.2 Å². The van der Waals surface area contributed by atoms with Gasteiger partial charge in [-0.15, -0.1) is 0 Å². The zero-order chi connectivity index (χ0) is 15.6. The molecule has 0 bridgehead atoms. The molecule has 8 heteroatoms. The van der Waals surface area contributed by atoms with Gasteiger partial charge >= 0.3 is 5.97 Å². The van der Waals surface area contributed by atoms with Crippen LogP contribution in [0, 0.1) is 7.14 Å². The summed E-state index contributed by atoms with van der Waals surface area (Å²) in [4.78, 5) is 11.6. The normalized spacial score (nSPS) is 11.2. The third-order valence-corrected chi connectivity index (χ3v) is 5.82. The quantitative estimate of drug-likeness (QED) is 0.265. The molecule has 0 saturated carbocycles. The van der Waals surface area contributed by atoms with Crippen molar-refractivity contribution in [2.75, 3.05) is 0 Å². The fourth-order valence-electron chi connectivity index (χ4n) is 1.57. The van der Waals surface area contributed by atoms with Crippen molar-refractivity contribution in [2.45, 2.75) is 4.90 Å². The lowest BCUT2D eigenvalue weighted by Crippen LogP contribution is -2.10. The summed E-state index contributed by atoms with van der Waals surface area (Å²) < 4.78 is 39.1. The lowest BCUT2D eigenvalue weighted by atomic mass is 10.2. The second-order valence-corrected chi connectivity index (χ2v) is 7.57. The van der Waals surface area contributed by atoms with Gasteiger partial charge in [-0.25, -0.2) is 13.2 Å². The van der Waals surface area contributed by atoms with Gasteiger partial charge in [-0.05, 0) is 69.4 Å². The van der Waals surface area contributed by atoms with Gasteiger partial charge in [0.15, 0.2) is 0 Å². The summed E-state index contributed by atoms with van der Waals surface area (Å²) in [7, 11) is -4.57. The van der Waals surface area contributed by atoms with Crippen molar-refractivity contribution in [3.63, 3.8) is 0 Å². The van der Waals surface area contributed by atoms with Crippen LogP contribution in [-0.2, 0) is 10.1 Å². The molecule has 0 fully saturated rings. The van der Waals surface area contributed by atoms with E-state index in [4.69, 9.17) is 4.74 Å². The highest BCUT2D eigenvalue weighted by atomic mass is 127. The predicted octanol–water partition coefficient (Wildman–Crippen LogP) is 3.02. The highest BCUT2D eigenvalue weighted by Crippen LogP contribution is 2.29. The van der Waals surface area contributed by atoms with E-state index in [2.05, 4.69) is 0 Å². The van der Waals surface area contributed by atoms with Crippen LogP contribution in [-0.4, -0.2) is 18.9 Å².